The Kier molecular flexibility index (Phi) is 3.69. The lowest BCUT2D eigenvalue weighted by atomic mass is 10.0. The number of hydrogen-bond donors (Lipinski definition) is 0. The van der Waals surface area contributed by atoms with Crippen LogP contribution >= 0.6 is 0 Å². The van der Waals surface area contributed by atoms with E-state index < -0.39 is 0 Å². The Morgan fingerprint density at radius 3 is 2.00 bits per heavy atom. The van der Waals surface area contributed by atoms with E-state index in [1.54, 1.807) is 6.20 Å². The summed E-state index contributed by atoms with van der Waals surface area (Å²) in [5, 5.41) is 0. The van der Waals surface area contributed by atoms with Crippen LogP contribution in [0.25, 0.3) is 22.5 Å². The first kappa shape index (κ1) is 12.3. The summed E-state index contributed by atoms with van der Waals surface area (Å²) >= 11 is 0. The van der Waals surface area contributed by atoms with E-state index in [9.17, 15) is 0 Å². The van der Waals surface area contributed by atoms with E-state index >= 15 is 0 Å². The maximum atomic E-state index is 7.74. The molecule has 1 aromatic heterocycles. The van der Waals surface area contributed by atoms with Gasteiger partial charge < -0.3 is 0 Å². The molecule has 0 amide bonds. The van der Waals surface area contributed by atoms with E-state index in [0.717, 1.165) is 28.2 Å². The van der Waals surface area contributed by atoms with Crippen molar-refractivity contribution in [1.82, 2.24) is 9.97 Å². The molecule has 0 aliphatic carbocycles. The van der Waals surface area contributed by atoms with Crippen LogP contribution in [0.1, 0.15) is 20.4 Å². The van der Waals surface area contributed by atoms with E-state index in [-0.39, 0.29) is 6.40 Å². The van der Waals surface area contributed by atoms with Crippen LogP contribution in [0.15, 0.2) is 66.9 Å². The van der Waals surface area contributed by atoms with Crippen molar-refractivity contribution in [1.29, 1.82) is 0 Å². The molecule has 0 fully saturated rings. The number of nitrogens with zero attached hydrogens (tertiary/aromatic N) is 2. The second kappa shape index (κ2) is 6.31. The molecule has 1 atom stereocenters. The van der Waals surface area contributed by atoms with Crippen molar-refractivity contribution in [3.63, 3.8) is 0 Å². The van der Waals surface area contributed by atoms with Crippen LogP contribution in [0.4, 0.5) is 0 Å². The van der Waals surface area contributed by atoms with Crippen molar-refractivity contribution in [3.05, 3.63) is 72.6 Å². The van der Waals surface area contributed by atoms with Crippen LogP contribution in [-0.4, -0.2) is 9.97 Å². The molecule has 0 aliphatic rings. The zero-order valence-electron chi connectivity index (χ0n) is 13.0. The molecule has 0 saturated carbocycles. The van der Waals surface area contributed by atoms with Crippen LogP contribution in [0, 0.1) is 0 Å². The highest BCUT2D eigenvalue weighted by Gasteiger charge is 2.11. The molecular formula is C19H18N2. The molecule has 0 spiro atoms. The predicted molar refractivity (Wildman–Crippen MR) is 86.9 cm³/mol. The van der Waals surface area contributed by atoms with Gasteiger partial charge in [0.05, 0.1) is 17.1 Å². The second-order valence-electron chi connectivity index (χ2n) is 4.90. The minimum absolute atomic E-state index is 0.180. The molecule has 21 heavy (non-hydrogen) atoms. The summed E-state index contributed by atoms with van der Waals surface area (Å²) in [7, 11) is 0. The summed E-state index contributed by atoms with van der Waals surface area (Å²) in [6, 6.07) is 20.2. The van der Waals surface area contributed by atoms with Crippen molar-refractivity contribution in [2.24, 2.45) is 0 Å². The fourth-order valence-corrected chi connectivity index (χ4v) is 2.34. The third kappa shape index (κ3) is 3.00. The number of hydrogen-bond acceptors (Lipinski definition) is 2. The van der Waals surface area contributed by atoms with Crippen molar-refractivity contribution < 1.29 is 1.37 Å². The Morgan fingerprint density at radius 1 is 0.857 bits per heavy atom. The van der Waals surface area contributed by atoms with E-state index in [1.807, 2.05) is 67.6 Å². The predicted octanol–water partition coefficient (Wildman–Crippen LogP) is 4.76. The van der Waals surface area contributed by atoms with Gasteiger partial charge in [-0.25, -0.2) is 4.98 Å². The Balaban J connectivity index is 2.13. The minimum atomic E-state index is -0.180. The molecule has 3 rings (SSSR count). The summed E-state index contributed by atoms with van der Waals surface area (Å²) < 4.78 is 7.74. The van der Waals surface area contributed by atoms with Gasteiger partial charge in [0, 0.05) is 18.7 Å². The fraction of sp³-hybridized carbons (Fsp3) is 0.158. The van der Waals surface area contributed by atoms with Crippen LogP contribution in [0.5, 0.6) is 0 Å². The van der Waals surface area contributed by atoms with Gasteiger partial charge in [-0.15, -0.1) is 0 Å². The van der Waals surface area contributed by atoms with Crippen LogP contribution in [0.2, 0.25) is 0 Å². The second-order valence-corrected chi connectivity index (χ2v) is 4.90. The van der Waals surface area contributed by atoms with Gasteiger partial charge in [-0.05, 0) is 6.42 Å². The average Bonchev–Trinajstić information content (AvgIpc) is 2.56. The van der Waals surface area contributed by atoms with Crippen LogP contribution in [0.3, 0.4) is 0 Å². The van der Waals surface area contributed by atoms with Gasteiger partial charge in [0.25, 0.3) is 0 Å². The standard InChI is InChI=1S/C19H18N2/c1-2-9-17-14-20-18(15-10-5-3-6-11-15)19(21-17)16-12-7-4-8-13-16/h3-8,10-14H,2,9H2,1H3/i2D. The highest BCUT2D eigenvalue weighted by atomic mass is 14.8. The highest BCUT2D eigenvalue weighted by Crippen LogP contribution is 2.28. The zero-order valence-corrected chi connectivity index (χ0v) is 12.0. The molecule has 1 heterocycles. The van der Waals surface area contributed by atoms with Gasteiger partial charge in [-0.1, -0.05) is 74.0 Å². The van der Waals surface area contributed by atoms with E-state index in [1.165, 1.54) is 0 Å². The summed E-state index contributed by atoms with van der Waals surface area (Å²) in [5.74, 6) is 0. The average molecular weight is 275 g/mol. The van der Waals surface area contributed by atoms with Gasteiger partial charge >= 0.3 is 0 Å². The molecule has 2 heteroatoms. The molecule has 2 nitrogen and oxygen atoms in total. The van der Waals surface area contributed by atoms with Gasteiger partial charge in [0.2, 0.25) is 0 Å². The van der Waals surface area contributed by atoms with Gasteiger partial charge in [-0.2, -0.15) is 0 Å². The normalized spacial score (nSPS) is 12.7. The van der Waals surface area contributed by atoms with Crippen LogP contribution in [-0.2, 0) is 6.42 Å². The smallest absolute Gasteiger partial charge is 0.0968 e. The molecule has 1 unspecified atom stereocenters. The number of benzene rings is 2. The lowest BCUT2D eigenvalue weighted by molar-refractivity contribution is 0.874. The van der Waals surface area contributed by atoms with Crippen molar-refractivity contribution >= 4 is 0 Å². The Labute approximate surface area is 126 Å². The van der Waals surface area contributed by atoms with Crippen molar-refractivity contribution in [2.75, 3.05) is 0 Å². The van der Waals surface area contributed by atoms with E-state index in [0.29, 0.717) is 6.42 Å². The first-order chi connectivity index (χ1) is 10.7. The van der Waals surface area contributed by atoms with Crippen molar-refractivity contribution in [2.45, 2.75) is 19.7 Å². The van der Waals surface area contributed by atoms with Crippen LogP contribution < -0.4 is 0 Å². The first-order valence-electron chi connectivity index (χ1n) is 7.71. The Hall–Kier alpha value is -2.48. The summed E-state index contributed by atoms with van der Waals surface area (Å²) in [5.41, 5.74) is 4.73. The highest BCUT2D eigenvalue weighted by molar-refractivity contribution is 5.77. The quantitative estimate of drug-likeness (QED) is 0.686. The molecule has 0 saturated heterocycles. The Morgan fingerprint density at radius 2 is 1.43 bits per heavy atom. The number of aromatic nitrogens is 2. The summed E-state index contributed by atoms with van der Waals surface area (Å²) in [6.45, 7) is 1.87. The third-order valence-corrected chi connectivity index (χ3v) is 3.33. The van der Waals surface area contributed by atoms with E-state index in [4.69, 9.17) is 6.35 Å². The molecule has 3 aromatic rings. The number of rotatable bonds is 4. The molecule has 104 valence electrons. The lowest BCUT2D eigenvalue weighted by Gasteiger charge is -2.10. The molecule has 0 N–H and O–H groups in total. The minimum Gasteiger partial charge on any atom is -0.252 e. The Bertz CT molecular complexity index is 740. The SMILES string of the molecule is [2H]C(C)Cc1cnc(-c2ccccc2)c(-c2ccccc2)n1. The van der Waals surface area contributed by atoms with Crippen molar-refractivity contribution in [3.8, 4) is 22.5 Å². The zero-order chi connectivity index (χ0) is 15.4. The molecule has 0 bridgehead atoms. The van der Waals surface area contributed by atoms with Gasteiger partial charge in [0.15, 0.2) is 0 Å². The van der Waals surface area contributed by atoms with Gasteiger partial charge in [-0.3, -0.25) is 4.98 Å². The topological polar surface area (TPSA) is 25.8 Å². The fourth-order valence-electron chi connectivity index (χ4n) is 2.34. The molecule has 0 aliphatic heterocycles. The van der Waals surface area contributed by atoms with E-state index in [2.05, 4.69) is 4.98 Å². The molecular weight excluding hydrogens is 256 g/mol. The summed E-state index contributed by atoms with van der Waals surface area (Å²) in [4.78, 5) is 9.41. The summed E-state index contributed by atoms with van der Waals surface area (Å²) in [6.07, 6.45) is 2.22. The number of aryl methyl sites for hydroxylation is 1. The maximum absolute atomic E-state index is 7.74. The molecule has 0 radical (unpaired) electrons. The third-order valence-electron chi connectivity index (χ3n) is 3.33. The monoisotopic (exact) mass is 275 g/mol. The van der Waals surface area contributed by atoms with Gasteiger partial charge in [0.1, 0.15) is 0 Å². The maximum Gasteiger partial charge on any atom is 0.0968 e. The molecule has 2 aromatic carbocycles. The first-order valence-corrected chi connectivity index (χ1v) is 7.13. The lowest BCUT2D eigenvalue weighted by Crippen LogP contribution is -1.98. The largest absolute Gasteiger partial charge is 0.252 e.